The molecule has 234 valence electrons. The molecule has 41 heavy (non-hydrogen) atoms. The molecule has 0 amide bonds. The highest BCUT2D eigenvalue weighted by Crippen LogP contribution is 2.27. The van der Waals surface area contributed by atoms with Crippen molar-refractivity contribution in [2.24, 2.45) is 17.8 Å². The minimum absolute atomic E-state index is 0.559. The lowest BCUT2D eigenvalue weighted by Crippen LogP contribution is -2.29. The van der Waals surface area contributed by atoms with E-state index in [1.807, 2.05) is 0 Å². The van der Waals surface area contributed by atoms with Crippen LogP contribution in [0.4, 0.5) is 0 Å². The van der Waals surface area contributed by atoms with Crippen LogP contribution in [0, 0.1) is 17.8 Å². The van der Waals surface area contributed by atoms with E-state index in [1.165, 1.54) is 74.5 Å². The number of hydrogen-bond acceptors (Lipinski definition) is 6. The Labute approximate surface area is 253 Å². The van der Waals surface area contributed by atoms with E-state index in [-0.39, 0.29) is 0 Å². The molecule has 3 unspecified atom stereocenters. The molecule has 3 rings (SSSR count). The summed E-state index contributed by atoms with van der Waals surface area (Å²) >= 11 is 0. The number of nitrogens with one attached hydrogen (secondary N) is 6. The second-order valence-electron chi connectivity index (χ2n) is 12.7. The van der Waals surface area contributed by atoms with Crippen molar-refractivity contribution in [1.29, 1.82) is 0 Å². The van der Waals surface area contributed by atoms with E-state index < -0.39 is 0 Å². The topological polar surface area (TPSA) is 72.2 Å². The zero-order valence-electron chi connectivity index (χ0n) is 26.5. The van der Waals surface area contributed by atoms with Crippen LogP contribution in [0.3, 0.4) is 0 Å². The average molecular weight is 569 g/mol. The molecule has 3 atom stereocenters. The van der Waals surface area contributed by atoms with Crippen molar-refractivity contribution in [3.63, 3.8) is 0 Å². The van der Waals surface area contributed by atoms with Gasteiger partial charge in [0.25, 0.3) is 0 Å². The normalized spacial score (nSPS) is 26.7. The lowest BCUT2D eigenvalue weighted by molar-refractivity contribution is 0.290. The maximum atomic E-state index is 4.56. The molecule has 2 saturated heterocycles. The fraction of sp³-hybridized carbons (Fsp3) is 0.771. The highest BCUT2D eigenvalue weighted by molar-refractivity contribution is 5.24. The van der Waals surface area contributed by atoms with Crippen molar-refractivity contribution < 1.29 is 0 Å². The van der Waals surface area contributed by atoms with Crippen molar-refractivity contribution in [2.75, 3.05) is 78.5 Å². The summed E-state index contributed by atoms with van der Waals surface area (Å²) in [7, 11) is 0. The van der Waals surface area contributed by atoms with Crippen LogP contribution in [-0.2, 0) is 12.8 Å². The minimum atomic E-state index is 0.559. The van der Waals surface area contributed by atoms with E-state index in [0.717, 1.165) is 103 Å². The SMILES string of the molecule is C=C1CCCNCCNCCCNCCC1Cc1ccc(CCC2CCNCCCNCCNCCCC2C)cc1. The molecule has 0 aromatic heterocycles. The maximum absolute atomic E-state index is 4.56. The van der Waals surface area contributed by atoms with Gasteiger partial charge < -0.3 is 31.9 Å². The summed E-state index contributed by atoms with van der Waals surface area (Å²) in [4.78, 5) is 0. The Morgan fingerprint density at radius 1 is 0.585 bits per heavy atom. The van der Waals surface area contributed by atoms with E-state index in [9.17, 15) is 0 Å². The van der Waals surface area contributed by atoms with Crippen molar-refractivity contribution in [3.8, 4) is 0 Å². The molecule has 6 heteroatoms. The lowest BCUT2D eigenvalue weighted by Gasteiger charge is -2.25. The second-order valence-corrected chi connectivity index (χ2v) is 12.7. The fourth-order valence-electron chi connectivity index (χ4n) is 6.42. The molecule has 0 saturated carbocycles. The molecule has 6 nitrogen and oxygen atoms in total. The molecule has 2 fully saturated rings. The van der Waals surface area contributed by atoms with Crippen LogP contribution in [0.1, 0.15) is 75.8 Å². The quantitative estimate of drug-likeness (QED) is 0.298. The van der Waals surface area contributed by atoms with Gasteiger partial charge in [-0.15, -0.1) is 0 Å². The molecule has 1 aromatic rings. The summed E-state index contributed by atoms with van der Waals surface area (Å²) < 4.78 is 0. The Morgan fingerprint density at radius 2 is 1.10 bits per heavy atom. The summed E-state index contributed by atoms with van der Waals surface area (Å²) in [5, 5.41) is 21.7. The zero-order valence-corrected chi connectivity index (χ0v) is 26.5. The summed E-state index contributed by atoms with van der Waals surface area (Å²) in [5.74, 6) is 2.14. The first-order chi connectivity index (χ1) is 20.2. The van der Waals surface area contributed by atoms with E-state index in [2.05, 4.69) is 69.7 Å². The van der Waals surface area contributed by atoms with Gasteiger partial charge in [-0.3, -0.25) is 0 Å². The number of rotatable bonds is 5. The van der Waals surface area contributed by atoms with Gasteiger partial charge in [0, 0.05) is 26.2 Å². The van der Waals surface area contributed by atoms with Crippen LogP contribution in [-0.4, -0.2) is 78.5 Å². The first-order valence-electron chi connectivity index (χ1n) is 17.2. The Kier molecular flexibility index (Phi) is 18.6. The van der Waals surface area contributed by atoms with Gasteiger partial charge in [-0.05, 0) is 152 Å². The Balaban J connectivity index is 1.49. The molecular weight excluding hydrogens is 504 g/mol. The van der Waals surface area contributed by atoms with Crippen LogP contribution in [0.15, 0.2) is 36.4 Å². The monoisotopic (exact) mass is 569 g/mol. The first kappa shape index (κ1) is 34.2. The first-order valence-corrected chi connectivity index (χ1v) is 17.2. The Bertz CT molecular complexity index is 781. The van der Waals surface area contributed by atoms with Crippen LogP contribution in [0.5, 0.6) is 0 Å². The van der Waals surface area contributed by atoms with Gasteiger partial charge in [0.05, 0.1) is 0 Å². The van der Waals surface area contributed by atoms with Crippen molar-refractivity contribution in [1.82, 2.24) is 31.9 Å². The molecule has 0 radical (unpaired) electrons. The molecule has 6 N–H and O–H groups in total. The van der Waals surface area contributed by atoms with Crippen molar-refractivity contribution in [3.05, 3.63) is 47.5 Å². The molecule has 0 spiro atoms. The lowest BCUT2D eigenvalue weighted by atomic mass is 9.83. The van der Waals surface area contributed by atoms with E-state index in [0.29, 0.717) is 5.92 Å². The number of hydrogen-bond donors (Lipinski definition) is 6. The fourth-order valence-corrected chi connectivity index (χ4v) is 6.42. The van der Waals surface area contributed by atoms with Gasteiger partial charge in [-0.2, -0.15) is 0 Å². The number of allylic oxidation sites excluding steroid dienone is 1. The molecule has 1 aromatic carbocycles. The minimum Gasteiger partial charge on any atom is -0.317 e. The van der Waals surface area contributed by atoms with Crippen molar-refractivity contribution in [2.45, 2.75) is 77.6 Å². The molecule has 2 aliphatic heterocycles. The predicted molar refractivity (Wildman–Crippen MR) is 178 cm³/mol. The van der Waals surface area contributed by atoms with Gasteiger partial charge in [0.2, 0.25) is 0 Å². The summed E-state index contributed by atoms with van der Waals surface area (Å²) in [6.45, 7) is 20.3. The van der Waals surface area contributed by atoms with Gasteiger partial charge >= 0.3 is 0 Å². The maximum Gasteiger partial charge on any atom is 0.00767 e. The molecule has 2 aliphatic rings. The highest BCUT2D eigenvalue weighted by atomic mass is 14.9. The Morgan fingerprint density at radius 3 is 1.73 bits per heavy atom. The summed E-state index contributed by atoms with van der Waals surface area (Å²) in [6.07, 6.45) is 13.4. The molecular formula is C35H64N6. The highest BCUT2D eigenvalue weighted by Gasteiger charge is 2.18. The van der Waals surface area contributed by atoms with Gasteiger partial charge in [0.15, 0.2) is 0 Å². The predicted octanol–water partition coefficient (Wildman–Crippen LogP) is 4.27. The number of aryl methyl sites for hydroxylation is 1. The third-order valence-corrected chi connectivity index (χ3v) is 9.29. The Hall–Kier alpha value is -1.28. The molecule has 2 heterocycles. The van der Waals surface area contributed by atoms with Gasteiger partial charge in [-0.25, -0.2) is 0 Å². The van der Waals surface area contributed by atoms with Gasteiger partial charge in [0.1, 0.15) is 0 Å². The summed E-state index contributed by atoms with van der Waals surface area (Å²) in [5.41, 5.74) is 4.40. The van der Waals surface area contributed by atoms with E-state index >= 15 is 0 Å². The zero-order chi connectivity index (χ0) is 28.8. The second kappa shape index (κ2) is 22.3. The van der Waals surface area contributed by atoms with Crippen LogP contribution in [0.2, 0.25) is 0 Å². The van der Waals surface area contributed by atoms with Gasteiger partial charge in [-0.1, -0.05) is 43.3 Å². The third-order valence-electron chi connectivity index (χ3n) is 9.29. The van der Waals surface area contributed by atoms with Crippen LogP contribution in [0.25, 0.3) is 0 Å². The van der Waals surface area contributed by atoms with E-state index in [4.69, 9.17) is 0 Å². The van der Waals surface area contributed by atoms with Crippen LogP contribution < -0.4 is 31.9 Å². The largest absolute Gasteiger partial charge is 0.317 e. The molecule has 0 aliphatic carbocycles. The standard InChI is InChI=1S/C35H64N6/c1-30-7-3-17-38-25-27-40-21-5-19-36-23-15-34(30)14-13-32-9-11-33(12-10-32)29-35-16-24-37-20-6-22-41-28-26-39-18-4-8-31(35)2/h9-12,30,34-41H,2-8,13-29H2,1H3. The van der Waals surface area contributed by atoms with Crippen molar-refractivity contribution >= 4 is 0 Å². The third kappa shape index (κ3) is 15.7. The number of benzene rings is 1. The van der Waals surface area contributed by atoms with Crippen LogP contribution >= 0.6 is 0 Å². The smallest absolute Gasteiger partial charge is 0.00767 e. The average Bonchev–Trinajstić information content (AvgIpc) is 2.99. The molecule has 0 bridgehead atoms. The van der Waals surface area contributed by atoms with E-state index in [1.54, 1.807) is 0 Å². The summed E-state index contributed by atoms with van der Waals surface area (Å²) in [6, 6.07) is 9.62.